The lowest BCUT2D eigenvalue weighted by Crippen LogP contribution is -2.37. The fourth-order valence-electron chi connectivity index (χ4n) is 1.73. The molecule has 0 saturated heterocycles. The fourth-order valence-corrected chi connectivity index (χ4v) is 2.24. The molecule has 0 aliphatic carbocycles. The molecule has 23 heavy (non-hydrogen) atoms. The highest BCUT2D eigenvalue weighted by Gasteiger charge is 2.06. The summed E-state index contributed by atoms with van der Waals surface area (Å²) in [7, 11) is -1.95. The molecule has 0 aliphatic heterocycles. The second-order valence-electron chi connectivity index (χ2n) is 4.59. The van der Waals surface area contributed by atoms with E-state index >= 15 is 0 Å². The average molecular weight is 456 g/mol. The molecule has 0 saturated carbocycles. The molecule has 0 bridgehead atoms. The summed E-state index contributed by atoms with van der Waals surface area (Å²) in [5, 5.41) is 11.4. The zero-order chi connectivity index (χ0) is 16.4. The first kappa shape index (κ1) is 22.1. The molecule has 0 fully saturated rings. The Labute approximate surface area is 155 Å². The van der Waals surface area contributed by atoms with Gasteiger partial charge in [0.15, 0.2) is 5.96 Å². The Morgan fingerprint density at radius 1 is 1.26 bits per heavy atom. The monoisotopic (exact) mass is 456 g/mol. The summed E-state index contributed by atoms with van der Waals surface area (Å²) in [5.74, 6) is 0.687. The molecular weight excluding hydrogens is 431 g/mol. The second-order valence-corrected chi connectivity index (χ2v) is 6.15. The lowest BCUT2D eigenvalue weighted by molar-refractivity contribution is 0.145. The van der Waals surface area contributed by atoms with E-state index in [1.165, 1.54) is 12.1 Å². The van der Waals surface area contributed by atoms with Gasteiger partial charge in [-0.15, -0.1) is 24.0 Å². The number of guanidine groups is 1. The van der Waals surface area contributed by atoms with Gasteiger partial charge in [0.05, 0.1) is 4.90 Å². The van der Waals surface area contributed by atoms with Crippen molar-refractivity contribution in [3.05, 3.63) is 29.8 Å². The van der Waals surface area contributed by atoms with Crippen molar-refractivity contribution in [1.82, 2.24) is 10.6 Å². The standard InChI is InChI=1S/C14H24N4O3S.HI/c1-3-21-10-4-9-17-14(16-2)18-11-12-5-7-13(8-6-12)22(15,19)20;/h5-8H,3-4,9-11H2,1-2H3,(H2,15,19,20)(H2,16,17,18);1H. The van der Waals surface area contributed by atoms with E-state index in [1.807, 2.05) is 6.92 Å². The molecule has 0 atom stereocenters. The molecule has 1 rings (SSSR count). The first-order valence-corrected chi connectivity index (χ1v) is 8.66. The van der Waals surface area contributed by atoms with Crippen LogP contribution in [-0.2, 0) is 21.3 Å². The SMILES string of the molecule is CCOCCCNC(=NC)NCc1ccc(S(N)(=O)=O)cc1.I. The van der Waals surface area contributed by atoms with E-state index in [-0.39, 0.29) is 28.9 Å². The van der Waals surface area contributed by atoms with Crippen molar-refractivity contribution in [3.8, 4) is 0 Å². The topological polar surface area (TPSA) is 106 Å². The van der Waals surface area contributed by atoms with Crippen LogP contribution in [0.3, 0.4) is 0 Å². The molecule has 7 nitrogen and oxygen atoms in total. The summed E-state index contributed by atoms with van der Waals surface area (Å²) < 4.78 is 27.6. The molecular formula is C14H25IN4O3S. The van der Waals surface area contributed by atoms with Crippen molar-refractivity contribution in [2.24, 2.45) is 10.1 Å². The number of nitrogens with two attached hydrogens (primary N) is 1. The Balaban J connectivity index is 0.00000484. The Morgan fingerprint density at radius 2 is 1.91 bits per heavy atom. The molecule has 132 valence electrons. The van der Waals surface area contributed by atoms with Crippen LogP contribution in [0.15, 0.2) is 34.2 Å². The number of halogens is 1. The van der Waals surface area contributed by atoms with Crippen LogP contribution in [0.2, 0.25) is 0 Å². The van der Waals surface area contributed by atoms with E-state index in [9.17, 15) is 8.42 Å². The highest BCUT2D eigenvalue weighted by molar-refractivity contribution is 14.0. The van der Waals surface area contributed by atoms with E-state index in [2.05, 4.69) is 15.6 Å². The van der Waals surface area contributed by atoms with Crippen LogP contribution in [0.25, 0.3) is 0 Å². The maximum absolute atomic E-state index is 11.2. The molecule has 0 radical (unpaired) electrons. The summed E-state index contributed by atoms with van der Waals surface area (Å²) in [5.41, 5.74) is 0.935. The molecule has 4 N–H and O–H groups in total. The highest BCUT2D eigenvalue weighted by Crippen LogP contribution is 2.08. The Bertz CT molecular complexity index is 576. The summed E-state index contributed by atoms with van der Waals surface area (Å²) in [6.45, 7) is 4.71. The molecule has 0 unspecified atom stereocenters. The van der Waals surface area contributed by atoms with Crippen molar-refractivity contribution in [3.63, 3.8) is 0 Å². The van der Waals surface area contributed by atoms with Crippen molar-refractivity contribution < 1.29 is 13.2 Å². The summed E-state index contributed by atoms with van der Waals surface area (Å²) in [4.78, 5) is 4.22. The summed E-state index contributed by atoms with van der Waals surface area (Å²) in [6, 6.07) is 6.42. The lowest BCUT2D eigenvalue weighted by atomic mass is 10.2. The predicted octanol–water partition coefficient (Wildman–Crippen LogP) is 1.04. The Hall–Kier alpha value is -0.910. The van der Waals surface area contributed by atoms with Crippen molar-refractivity contribution in [1.29, 1.82) is 0 Å². The third kappa shape index (κ3) is 9.08. The van der Waals surface area contributed by atoms with E-state index < -0.39 is 10.0 Å². The minimum Gasteiger partial charge on any atom is -0.382 e. The minimum absolute atomic E-state index is 0. The largest absolute Gasteiger partial charge is 0.382 e. The fraction of sp³-hybridized carbons (Fsp3) is 0.500. The maximum atomic E-state index is 11.2. The van der Waals surface area contributed by atoms with Crippen LogP contribution in [0.4, 0.5) is 0 Å². The number of benzene rings is 1. The zero-order valence-electron chi connectivity index (χ0n) is 13.4. The van der Waals surface area contributed by atoms with E-state index in [0.717, 1.165) is 31.7 Å². The van der Waals surface area contributed by atoms with Gasteiger partial charge in [-0.1, -0.05) is 12.1 Å². The number of sulfonamides is 1. The number of nitrogens with one attached hydrogen (secondary N) is 2. The second kappa shape index (κ2) is 11.6. The maximum Gasteiger partial charge on any atom is 0.238 e. The van der Waals surface area contributed by atoms with Gasteiger partial charge in [0.2, 0.25) is 10.0 Å². The van der Waals surface area contributed by atoms with Crippen LogP contribution in [0, 0.1) is 0 Å². The zero-order valence-corrected chi connectivity index (χ0v) is 16.6. The molecule has 0 aromatic heterocycles. The Kier molecular flexibility index (Phi) is 11.1. The number of hydrogen-bond acceptors (Lipinski definition) is 4. The lowest BCUT2D eigenvalue weighted by Gasteiger charge is -2.12. The van der Waals surface area contributed by atoms with Gasteiger partial charge >= 0.3 is 0 Å². The van der Waals surface area contributed by atoms with Gasteiger partial charge in [0, 0.05) is 33.4 Å². The van der Waals surface area contributed by atoms with Gasteiger partial charge in [0.25, 0.3) is 0 Å². The molecule has 0 amide bonds. The summed E-state index contributed by atoms with van der Waals surface area (Å²) >= 11 is 0. The van der Waals surface area contributed by atoms with Gasteiger partial charge < -0.3 is 15.4 Å². The third-order valence-corrected chi connectivity index (χ3v) is 3.83. The molecule has 0 aliphatic rings. The van der Waals surface area contributed by atoms with Crippen molar-refractivity contribution in [2.75, 3.05) is 26.8 Å². The third-order valence-electron chi connectivity index (χ3n) is 2.90. The van der Waals surface area contributed by atoms with Gasteiger partial charge in [0.1, 0.15) is 0 Å². The first-order valence-electron chi connectivity index (χ1n) is 7.11. The van der Waals surface area contributed by atoms with Crippen LogP contribution in [0.5, 0.6) is 0 Å². The van der Waals surface area contributed by atoms with Crippen LogP contribution in [0.1, 0.15) is 18.9 Å². The van der Waals surface area contributed by atoms with Crippen LogP contribution >= 0.6 is 24.0 Å². The molecule has 0 spiro atoms. The van der Waals surface area contributed by atoms with Gasteiger partial charge in [-0.3, -0.25) is 4.99 Å². The predicted molar refractivity (Wildman–Crippen MR) is 103 cm³/mol. The van der Waals surface area contributed by atoms with Crippen molar-refractivity contribution in [2.45, 2.75) is 24.8 Å². The van der Waals surface area contributed by atoms with Crippen LogP contribution < -0.4 is 15.8 Å². The van der Waals surface area contributed by atoms with Gasteiger partial charge in [-0.2, -0.15) is 0 Å². The van der Waals surface area contributed by atoms with Gasteiger partial charge in [-0.25, -0.2) is 13.6 Å². The van der Waals surface area contributed by atoms with E-state index in [1.54, 1.807) is 19.2 Å². The minimum atomic E-state index is -3.64. The number of hydrogen-bond donors (Lipinski definition) is 3. The van der Waals surface area contributed by atoms with Crippen LogP contribution in [-0.4, -0.2) is 41.2 Å². The number of nitrogens with zero attached hydrogens (tertiary/aromatic N) is 1. The van der Waals surface area contributed by atoms with E-state index in [4.69, 9.17) is 9.88 Å². The normalized spacial score (nSPS) is 11.7. The summed E-state index contributed by atoms with van der Waals surface area (Å²) in [6.07, 6.45) is 0.900. The molecule has 1 aromatic carbocycles. The quantitative estimate of drug-likeness (QED) is 0.235. The first-order chi connectivity index (χ1) is 10.5. The smallest absolute Gasteiger partial charge is 0.238 e. The van der Waals surface area contributed by atoms with E-state index in [0.29, 0.717) is 12.5 Å². The Morgan fingerprint density at radius 3 is 2.43 bits per heavy atom. The molecule has 9 heteroatoms. The number of aliphatic imine (C=N–C) groups is 1. The molecule has 1 aromatic rings. The average Bonchev–Trinajstić information content (AvgIpc) is 2.49. The molecule has 0 heterocycles. The van der Waals surface area contributed by atoms with Gasteiger partial charge in [-0.05, 0) is 31.0 Å². The van der Waals surface area contributed by atoms with Crippen molar-refractivity contribution >= 4 is 40.0 Å². The highest BCUT2D eigenvalue weighted by atomic mass is 127. The number of rotatable bonds is 8. The number of primary sulfonamides is 1. The number of ether oxygens (including phenoxy) is 1.